The number of hydrogen-bond donors (Lipinski definition) is 2. The average molecular weight is 475 g/mol. The van der Waals surface area contributed by atoms with Gasteiger partial charge < -0.3 is 20.7 Å². The van der Waals surface area contributed by atoms with E-state index < -0.39 is 33.8 Å². The van der Waals surface area contributed by atoms with Gasteiger partial charge in [0.15, 0.2) is 0 Å². The van der Waals surface area contributed by atoms with Crippen LogP contribution in [0.4, 0.5) is 15.9 Å². The predicted molar refractivity (Wildman–Crippen MR) is 128 cm³/mol. The molecular weight excluding hydrogens is 453 g/mol. The Hall–Kier alpha value is -4.52. The number of anilines is 1. The number of carbonyl (C=O) groups excluding carboxylic acids is 2. The van der Waals surface area contributed by atoms with Gasteiger partial charge in [0.05, 0.1) is 17.0 Å². The molecule has 2 heterocycles. The monoisotopic (exact) mass is 475 g/mol. The van der Waals surface area contributed by atoms with Gasteiger partial charge in [-0.25, -0.2) is 4.39 Å². The first-order valence-electron chi connectivity index (χ1n) is 10.7. The van der Waals surface area contributed by atoms with E-state index in [4.69, 9.17) is 0 Å². The fraction of sp³-hybridized carbons (Fsp3) is 0.240. The number of aromatic nitrogens is 2. The van der Waals surface area contributed by atoms with Crippen LogP contribution in [0.2, 0.25) is 0 Å². The highest BCUT2D eigenvalue weighted by Gasteiger charge is 2.34. The maximum Gasteiger partial charge on any atom is 0.398 e. The van der Waals surface area contributed by atoms with Crippen molar-refractivity contribution >= 4 is 23.3 Å². The Morgan fingerprint density at radius 3 is 2.69 bits per heavy atom. The van der Waals surface area contributed by atoms with E-state index in [0.29, 0.717) is 23.5 Å². The number of nitro groups is 1. The van der Waals surface area contributed by atoms with Gasteiger partial charge in [-0.3, -0.25) is 9.59 Å². The molecule has 9 nitrogen and oxygen atoms in total. The van der Waals surface area contributed by atoms with Gasteiger partial charge in [0.1, 0.15) is 11.4 Å². The molecule has 1 aliphatic heterocycles. The second-order valence-corrected chi connectivity index (χ2v) is 8.84. The van der Waals surface area contributed by atoms with Crippen LogP contribution in [0.5, 0.6) is 0 Å². The summed E-state index contributed by atoms with van der Waals surface area (Å²) >= 11 is 0. The van der Waals surface area contributed by atoms with Gasteiger partial charge in [-0.05, 0) is 60.1 Å². The van der Waals surface area contributed by atoms with Gasteiger partial charge in [0.2, 0.25) is 0 Å². The lowest BCUT2D eigenvalue weighted by molar-refractivity contribution is -0.389. The summed E-state index contributed by atoms with van der Waals surface area (Å²) < 4.78 is 16.4. The van der Waals surface area contributed by atoms with E-state index in [0.717, 1.165) is 11.6 Å². The summed E-state index contributed by atoms with van der Waals surface area (Å²) in [6.07, 6.45) is 1.36. The van der Waals surface area contributed by atoms with Crippen molar-refractivity contribution in [3.05, 3.63) is 69.2 Å². The van der Waals surface area contributed by atoms with Crippen molar-refractivity contribution in [3.63, 3.8) is 0 Å². The van der Waals surface area contributed by atoms with Crippen LogP contribution in [-0.2, 0) is 10.2 Å². The number of halogens is 1. The fourth-order valence-electron chi connectivity index (χ4n) is 4.00. The van der Waals surface area contributed by atoms with Crippen molar-refractivity contribution in [1.29, 1.82) is 0 Å². The Kier molecular flexibility index (Phi) is 5.86. The van der Waals surface area contributed by atoms with E-state index in [1.165, 1.54) is 16.9 Å². The lowest BCUT2D eigenvalue weighted by atomic mass is 9.77. The Labute approximate surface area is 200 Å². The second kappa shape index (κ2) is 8.68. The molecule has 2 amide bonds. The highest BCUT2D eigenvalue weighted by molar-refractivity contribution is 6.04. The van der Waals surface area contributed by atoms with E-state index in [-0.39, 0.29) is 16.7 Å². The first-order valence-corrected chi connectivity index (χ1v) is 10.7. The van der Waals surface area contributed by atoms with Crippen LogP contribution in [0, 0.1) is 34.7 Å². The molecule has 2 N–H and O–H groups in total. The number of fused-ring (bicyclic) bond motifs is 1. The van der Waals surface area contributed by atoms with Crippen LogP contribution in [0.25, 0.3) is 16.8 Å². The molecule has 0 radical (unpaired) electrons. The van der Waals surface area contributed by atoms with Crippen molar-refractivity contribution in [2.24, 2.45) is 0 Å². The topological polar surface area (TPSA) is 119 Å². The van der Waals surface area contributed by atoms with Crippen molar-refractivity contribution < 1.29 is 18.9 Å². The molecular formula is C25H22FN5O4. The van der Waals surface area contributed by atoms with Crippen LogP contribution in [0.15, 0.2) is 36.5 Å². The first kappa shape index (κ1) is 23.6. The average Bonchev–Trinajstić information content (AvgIpc) is 3.23. The summed E-state index contributed by atoms with van der Waals surface area (Å²) in [6, 6.07) is 7.59. The van der Waals surface area contributed by atoms with Crippen LogP contribution in [0.1, 0.15) is 42.3 Å². The quantitative estimate of drug-likeness (QED) is 0.337. The third kappa shape index (κ3) is 4.36. The predicted octanol–water partition coefficient (Wildman–Crippen LogP) is 3.88. The number of benzene rings is 2. The molecule has 3 aromatic rings. The maximum atomic E-state index is 15.2. The Morgan fingerprint density at radius 1 is 1.26 bits per heavy atom. The Balaban J connectivity index is 1.85. The zero-order chi connectivity index (χ0) is 25.5. The lowest BCUT2D eigenvalue weighted by Gasteiger charge is -2.32. The highest BCUT2D eigenvalue weighted by atomic mass is 19.1. The molecule has 0 fully saturated rings. The molecule has 0 saturated heterocycles. The van der Waals surface area contributed by atoms with Crippen molar-refractivity contribution in [2.75, 3.05) is 11.9 Å². The van der Waals surface area contributed by atoms with Gasteiger partial charge in [0, 0.05) is 28.8 Å². The SMILES string of the molecule is CC#CC(=O)Nc1cc(-n2cc(-c3cc4c(cc3F)C(=O)NCC4(C)C)c([N+](=O)[O-])n2)ccc1C. The van der Waals surface area contributed by atoms with Crippen LogP contribution < -0.4 is 10.6 Å². The first-order chi connectivity index (χ1) is 16.5. The number of amides is 2. The molecule has 2 aromatic carbocycles. The molecule has 178 valence electrons. The smallest absolute Gasteiger partial charge is 0.358 e. The van der Waals surface area contributed by atoms with E-state index in [1.54, 1.807) is 32.0 Å². The summed E-state index contributed by atoms with van der Waals surface area (Å²) in [5, 5.41) is 21.3. The van der Waals surface area contributed by atoms with Gasteiger partial charge in [-0.1, -0.05) is 25.8 Å². The Morgan fingerprint density at radius 2 is 2.00 bits per heavy atom. The molecule has 1 aromatic heterocycles. The zero-order valence-electron chi connectivity index (χ0n) is 19.5. The standard InChI is InChI=1S/C25H22FN5O4/c1-5-6-22(32)28-21-9-15(8-7-14(21)2)30-12-18(23(29-30)31(34)35)16-10-19-17(11-20(16)26)24(33)27-13-25(19,3)4/h7-12H,13H2,1-4H3,(H,27,33)(H,28,32). The minimum atomic E-state index is -0.769. The highest BCUT2D eigenvalue weighted by Crippen LogP contribution is 2.38. The number of nitrogens with zero attached hydrogens (tertiary/aromatic N) is 3. The molecule has 4 rings (SSSR count). The van der Waals surface area contributed by atoms with Gasteiger partial charge in [0.25, 0.3) is 11.8 Å². The summed E-state index contributed by atoms with van der Waals surface area (Å²) in [4.78, 5) is 35.3. The van der Waals surface area contributed by atoms with Crippen LogP contribution in [0.3, 0.4) is 0 Å². The molecule has 0 aliphatic carbocycles. The van der Waals surface area contributed by atoms with Gasteiger partial charge >= 0.3 is 5.82 Å². The van der Waals surface area contributed by atoms with Crippen LogP contribution in [-0.4, -0.2) is 33.1 Å². The third-order valence-corrected chi connectivity index (χ3v) is 5.90. The van der Waals surface area contributed by atoms with E-state index >= 15 is 4.39 Å². The Bertz CT molecular complexity index is 1460. The van der Waals surface area contributed by atoms with E-state index in [1.807, 2.05) is 13.8 Å². The molecule has 0 unspecified atom stereocenters. The second-order valence-electron chi connectivity index (χ2n) is 8.84. The van der Waals surface area contributed by atoms with Gasteiger partial charge in [-0.2, -0.15) is 0 Å². The number of hydrogen-bond acceptors (Lipinski definition) is 5. The molecule has 0 bridgehead atoms. The molecule has 0 saturated carbocycles. The van der Waals surface area contributed by atoms with Crippen molar-refractivity contribution in [1.82, 2.24) is 15.1 Å². The minimum absolute atomic E-state index is 0.0247. The van der Waals surface area contributed by atoms with E-state index in [9.17, 15) is 19.7 Å². The lowest BCUT2D eigenvalue weighted by Crippen LogP contribution is -2.43. The number of aryl methyl sites for hydroxylation is 1. The molecule has 10 heteroatoms. The number of nitrogens with one attached hydrogen (secondary N) is 2. The van der Waals surface area contributed by atoms with Crippen molar-refractivity contribution in [3.8, 4) is 28.7 Å². The molecule has 0 atom stereocenters. The maximum absolute atomic E-state index is 15.2. The van der Waals surface area contributed by atoms with Crippen LogP contribution >= 0.6 is 0 Å². The van der Waals surface area contributed by atoms with Gasteiger partial charge in [-0.15, -0.1) is 4.68 Å². The number of carbonyl (C=O) groups is 2. The largest absolute Gasteiger partial charge is 0.398 e. The molecule has 1 aliphatic rings. The third-order valence-electron chi connectivity index (χ3n) is 5.90. The fourth-order valence-corrected chi connectivity index (χ4v) is 4.00. The summed E-state index contributed by atoms with van der Waals surface area (Å²) in [7, 11) is 0. The van der Waals surface area contributed by atoms with E-state index in [2.05, 4.69) is 27.6 Å². The summed E-state index contributed by atoms with van der Waals surface area (Å²) in [5.74, 6) is 2.71. The summed E-state index contributed by atoms with van der Waals surface area (Å²) in [6.45, 7) is 7.48. The molecule has 35 heavy (non-hydrogen) atoms. The zero-order valence-corrected chi connectivity index (χ0v) is 19.5. The normalized spacial score (nSPS) is 13.8. The molecule has 0 spiro atoms. The summed E-state index contributed by atoms with van der Waals surface area (Å²) in [5.41, 5.74) is 1.88. The number of rotatable bonds is 4. The minimum Gasteiger partial charge on any atom is -0.358 e. The van der Waals surface area contributed by atoms with Crippen molar-refractivity contribution in [2.45, 2.75) is 33.1 Å².